The SMILES string of the molecule is CNC(c1cc(Cl)c(Br)cc1F)C1C2C3CCC(C3)C21. The van der Waals surface area contributed by atoms with Gasteiger partial charge in [0.1, 0.15) is 5.82 Å². The summed E-state index contributed by atoms with van der Waals surface area (Å²) in [6.45, 7) is 0. The zero-order valence-electron chi connectivity index (χ0n) is 11.4. The second-order valence-electron chi connectivity index (χ2n) is 6.62. The lowest BCUT2D eigenvalue weighted by Gasteiger charge is -2.21. The van der Waals surface area contributed by atoms with Crippen molar-refractivity contribution < 1.29 is 4.39 Å². The Morgan fingerprint density at radius 1 is 1.30 bits per heavy atom. The first kappa shape index (κ1) is 13.5. The highest BCUT2D eigenvalue weighted by molar-refractivity contribution is 9.10. The van der Waals surface area contributed by atoms with Crippen LogP contribution in [0.1, 0.15) is 30.9 Å². The molecule has 1 N–H and O–H groups in total. The summed E-state index contributed by atoms with van der Waals surface area (Å²) in [5, 5.41) is 3.94. The predicted molar refractivity (Wildman–Crippen MR) is 82.2 cm³/mol. The molecule has 4 heteroatoms. The van der Waals surface area contributed by atoms with Crippen LogP contribution in [0.4, 0.5) is 4.39 Å². The van der Waals surface area contributed by atoms with Crippen molar-refractivity contribution in [2.75, 3.05) is 7.05 Å². The van der Waals surface area contributed by atoms with E-state index >= 15 is 0 Å². The number of halogens is 3. The van der Waals surface area contributed by atoms with Crippen molar-refractivity contribution >= 4 is 27.5 Å². The molecule has 3 saturated carbocycles. The minimum Gasteiger partial charge on any atom is -0.313 e. The Bertz CT molecular complexity index is 548. The van der Waals surface area contributed by atoms with Crippen LogP contribution < -0.4 is 5.32 Å². The van der Waals surface area contributed by atoms with Gasteiger partial charge in [-0.2, -0.15) is 0 Å². The number of hydrogen-bond acceptors (Lipinski definition) is 1. The molecule has 0 heterocycles. The number of benzene rings is 1. The Kier molecular flexibility index (Phi) is 3.17. The van der Waals surface area contributed by atoms with E-state index < -0.39 is 0 Å². The van der Waals surface area contributed by atoms with Crippen LogP contribution in [0.2, 0.25) is 5.02 Å². The van der Waals surface area contributed by atoms with Crippen molar-refractivity contribution in [2.45, 2.75) is 25.3 Å². The highest BCUT2D eigenvalue weighted by Gasteiger charge is 2.66. The standard InChI is InChI=1S/C16H18BrClFN/c1-20-16(9-5-11(18)10(17)6-12(9)19)15-13-7-2-3-8(4-7)14(13)15/h5-8,13-16,20H,2-4H2,1H3. The summed E-state index contributed by atoms with van der Waals surface area (Å²) in [7, 11) is 1.94. The lowest BCUT2D eigenvalue weighted by molar-refractivity contribution is 0.377. The van der Waals surface area contributed by atoms with Gasteiger partial charge in [-0.1, -0.05) is 11.6 Å². The molecule has 2 bridgehead atoms. The van der Waals surface area contributed by atoms with Crippen molar-refractivity contribution in [3.05, 3.63) is 33.0 Å². The van der Waals surface area contributed by atoms with Crippen LogP contribution in [-0.4, -0.2) is 7.05 Å². The van der Waals surface area contributed by atoms with Crippen LogP contribution in [0.5, 0.6) is 0 Å². The first-order chi connectivity index (χ1) is 9.61. The molecule has 3 aliphatic carbocycles. The van der Waals surface area contributed by atoms with Gasteiger partial charge in [-0.05, 0) is 84.0 Å². The van der Waals surface area contributed by atoms with Gasteiger partial charge in [0.25, 0.3) is 0 Å². The fourth-order valence-electron chi connectivity index (χ4n) is 5.17. The predicted octanol–water partition coefficient (Wildman–Crippen LogP) is 4.79. The minimum atomic E-state index is -0.155. The third-order valence-corrected chi connectivity index (χ3v) is 7.06. The molecule has 0 radical (unpaired) electrons. The highest BCUT2D eigenvalue weighted by Crippen LogP contribution is 2.72. The average molecular weight is 359 g/mol. The normalized spacial score (nSPS) is 38.9. The average Bonchev–Trinajstić information content (AvgIpc) is 2.84. The summed E-state index contributed by atoms with van der Waals surface area (Å²) in [6, 6.07) is 3.39. The Hall–Kier alpha value is -0.120. The summed E-state index contributed by atoms with van der Waals surface area (Å²) in [5.41, 5.74) is 0.736. The van der Waals surface area contributed by atoms with Crippen LogP contribution in [0.25, 0.3) is 0 Å². The van der Waals surface area contributed by atoms with Gasteiger partial charge in [0.05, 0.1) is 5.02 Å². The number of rotatable bonds is 3. The van der Waals surface area contributed by atoms with Crippen LogP contribution >= 0.6 is 27.5 Å². The minimum absolute atomic E-state index is 0.110. The summed E-state index contributed by atoms with van der Waals surface area (Å²) >= 11 is 9.45. The van der Waals surface area contributed by atoms with Gasteiger partial charge < -0.3 is 5.32 Å². The maximum absolute atomic E-state index is 14.3. The Morgan fingerprint density at radius 3 is 2.55 bits per heavy atom. The molecule has 0 aliphatic heterocycles. The molecular weight excluding hydrogens is 341 g/mol. The van der Waals surface area contributed by atoms with Crippen LogP contribution in [0.15, 0.2) is 16.6 Å². The molecule has 0 aromatic heterocycles. The maximum atomic E-state index is 14.3. The van der Waals surface area contributed by atoms with Crippen molar-refractivity contribution in [1.82, 2.24) is 5.32 Å². The van der Waals surface area contributed by atoms with E-state index in [1.165, 1.54) is 25.3 Å². The molecule has 3 aliphatic rings. The third-order valence-electron chi connectivity index (χ3n) is 5.87. The summed E-state index contributed by atoms with van der Waals surface area (Å²) < 4.78 is 14.9. The summed E-state index contributed by atoms with van der Waals surface area (Å²) in [4.78, 5) is 0. The fourth-order valence-corrected chi connectivity index (χ4v) is 5.66. The molecule has 0 saturated heterocycles. The van der Waals surface area contributed by atoms with E-state index in [-0.39, 0.29) is 11.9 Å². The fraction of sp³-hybridized carbons (Fsp3) is 0.625. The van der Waals surface area contributed by atoms with Crippen molar-refractivity contribution in [1.29, 1.82) is 0 Å². The Balaban J connectivity index is 1.65. The zero-order chi connectivity index (χ0) is 14.0. The van der Waals surface area contributed by atoms with Gasteiger partial charge in [0.15, 0.2) is 0 Å². The number of hydrogen-bond donors (Lipinski definition) is 1. The van der Waals surface area contributed by atoms with Crippen LogP contribution in [0.3, 0.4) is 0 Å². The van der Waals surface area contributed by atoms with Gasteiger partial charge in [-0.3, -0.25) is 0 Å². The largest absolute Gasteiger partial charge is 0.313 e. The second-order valence-corrected chi connectivity index (χ2v) is 7.88. The van der Waals surface area contributed by atoms with E-state index in [9.17, 15) is 4.39 Å². The van der Waals surface area contributed by atoms with Gasteiger partial charge in [0.2, 0.25) is 0 Å². The lowest BCUT2D eigenvalue weighted by Crippen LogP contribution is -2.23. The number of nitrogens with one attached hydrogen (secondary N) is 1. The summed E-state index contributed by atoms with van der Waals surface area (Å²) in [6.07, 6.45) is 4.20. The van der Waals surface area contributed by atoms with Crippen LogP contribution in [0, 0.1) is 35.4 Å². The zero-order valence-corrected chi connectivity index (χ0v) is 13.7. The Labute approximate surface area is 132 Å². The van der Waals surface area contributed by atoms with Gasteiger partial charge in [-0.15, -0.1) is 0 Å². The van der Waals surface area contributed by atoms with Gasteiger partial charge in [0, 0.05) is 16.1 Å². The van der Waals surface area contributed by atoms with Gasteiger partial charge >= 0.3 is 0 Å². The van der Waals surface area contributed by atoms with E-state index in [1.807, 2.05) is 7.05 Å². The quantitative estimate of drug-likeness (QED) is 0.766. The van der Waals surface area contributed by atoms with Crippen LogP contribution in [-0.2, 0) is 0 Å². The number of fused-ring (bicyclic) bond motifs is 5. The Morgan fingerprint density at radius 2 is 1.95 bits per heavy atom. The van der Waals surface area contributed by atoms with Crippen molar-refractivity contribution in [2.24, 2.45) is 29.6 Å². The molecule has 4 rings (SSSR count). The molecule has 1 aromatic rings. The third kappa shape index (κ3) is 1.82. The summed E-state index contributed by atoms with van der Waals surface area (Å²) in [5.74, 6) is 3.91. The highest BCUT2D eigenvalue weighted by atomic mass is 79.9. The first-order valence-electron chi connectivity index (χ1n) is 7.43. The van der Waals surface area contributed by atoms with E-state index in [4.69, 9.17) is 11.6 Å². The molecule has 1 nitrogen and oxygen atoms in total. The van der Waals surface area contributed by atoms with E-state index in [2.05, 4.69) is 21.2 Å². The molecule has 108 valence electrons. The van der Waals surface area contributed by atoms with Crippen molar-refractivity contribution in [3.8, 4) is 0 Å². The molecular formula is C16H18BrClFN. The van der Waals surface area contributed by atoms with E-state index in [0.717, 1.165) is 29.2 Å². The van der Waals surface area contributed by atoms with Gasteiger partial charge in [-0.25, -0.2) is 4.39 Å². The van der Waals surface area contributed by atoms with Crippen molar-refractivity contribution in [3.63, 3.8) is 0 Å². The first-order valence-corrected chi connectivity index (χ1v) is 8.60. The van der Waals surface area contributed by atoms with E-state index in [1.54, 1.807) is 6.07 Å². The molecule has 0 amide bonds. The second kappa shape index (κ2) is 4.69. The lowest BCUT2D eigenvalue weighted by atomic mass is 9.93. The molecule has 3 fully saturated rings. The topological polar surface area (TPSA) is 12.0 Å². The maximum Gasteiger partial charge on any atom is 0.129 e. The monoisotopic (exact) mass is 357 g/mol. The smallest absolute Gasteiger partial charge is 0.129 e. The molecule has 5 atom stereocenters. The molecule has 20 heavy (non-hydrogen) atoms. The molecule has 1 aromatic carbocycles. The van der Waals surface area contributed by atoms with E-state index in [0.29, 0.717) is 15.4 Å². The molecule has 0 spiro atoms. The molecule has 5 unspecified atom stereocenters.